The second-order valence-corrected chi connectivity index (χ2v) is 7.07. The number of amides is 1. The summed E-state index contributed by atoms with van der Waals surface area (Å²) in [6.07, 6.45) is 9.97. The van der Waals surface area contributed by atoms with Crippen LogP contribution in [0.3, 0.4) is 0 Å². The summed E-state index contributed by atoms with van der Waals surface area (Å²) in [5.74, 6) is 0.871. The number of rotatable bonds is 3. The van der Waals surface area contributed by atoms with E-state index in [1.165, 1.54) is 6.42 Å². The minimum atomic E-state index is -0.220. The normalized spacial score (nSPS) is 25.8. The number of carbonyl (C=O) groups excluding carboxylic acids is 1. The molecule has 1 aromatic rings. The van der Waals surface area contributed by atoms with Crippen molar-refractivity contribution < 1.29 is 14.3 Å². The molecule has 128 valence electrons. The number of hydrogen-bond acceptors (Lipinski definition) is 4. The average Bonchev–Trinajstić information content (AvgIpc) is 2.61. The van der Waals surface area contributed by atoms with E-state index >= 15 is 0 Å². The molecule has 2 fully saturated rings. The maximum Gasteiger partial charge on any atom is 0.249 e. The van der Waals surface area contributed by atoms with Gasteiger partial charge in [-0.15, -0.1) is 0 Å². The molecular formula is C19H24N2O3. The maximum absolute atomic E-state index is 12.5. The van der Waals surface area contributed by atoms with Gasteiger partial charge in [-0.05, 0) is 31.7 Å². The fourth-order valence-corrected chi connectivity index (χ4v) is 3.92. The lowest BCUT2D eigenvalue weighted by atomic mass is 9.83. The summed E-state index contributed by atoms with van der Waals surface area (Å²) in [5.41, 5.74) is 0.774. The van der Waals surface area contributed by atoms with Crippen molar-refractivity contribution in [1.82, 2.24) is 9.88 Å². The lowest BCUT2D eigenvalue weighted by Gasteiger charge is -2.53. The van der Waals surface area contributed by atoms with Crippen molar-refractivity contribution in [1.29, 1.82) is 0 Å². The molecule has 5 nitrogen and oxygen atoms in total. The summed E-state index contributed by atoms with van der Waals surface area (Å²) in [6, 6.07) is 5.70. The molecule has 0 radical (unpaired) electrons. The number of hydrogen-bond donors (Lipinski definition) is 0. The Kier molecular flexibility index (Phi) is 4.27. The van der Waals surface area contributed by atoms with Crippen molar-refractivity contribution in [3.63, 3.8) is 0 Å². The molecule has 3 heterocycles. The third kappa shape index (κ3) is 3.18. The lowest BCUT2D eigenvalue weighted by molar-refractivity contribution is -0.191. The quantitative estimate of drug-likeness (QED) is 0.856. The molecule has 1 amide bonds. The van der Waals surface area contributed by atoms with E-state index in [0.717, 1.165) is 37.7 Å². The molecule has 1 aliphatic carbocycles. The first kappa shape index (κ1) is 15.6. The molecule has 0 N–H and O–H groups in total. The highest BCUT2D eigenvalue weighted by Crippen LogP contribution is 2.36. The minimum Gasteiger partial charge on any atom is -0.474 e. The van der Waals surface area contributed by atoms with Gasteiger partial charge in [0.1, 0.15) is 11.7 Å². The Morgan fingerprint density at radius 2 is 2.25 bits per heavy atom. The predicted octanol–water partition coefficient (Wildman–Crippen LogP) is 2.72. The van der Waals surface area contributed by atoms with Gasteiger partial charge in [0.25, 0.3) is 0 Å². The summed E-state index contributed by atoms with van der Waals surface area (Å²) in [5, 5.41) is 0. The van der Waals surface area contributed by atoms with E-state index < -0.39 is 0 Å². The van der Waals surface area contributed by atoms with Crippen LogP contribution in [0.25, 0.3) is 0 Å². The van der Waals surface area contributed by atoms with Crippen LogP contribution in [0.1, 0.15) is 38.5 Å². The number of pyridine rings is 1. The summed E-state index contributed by atoms with van der Waals surface area (Å²) < 4.78 is 12.0. The molecule has 1 spiro atoms. The summed E-state index contributed by atoms with van der Waals surface area (Å²) in [4.78, 5) is 18.7. The third-order valence-corrected chi connectivity index (χ3v) is 5.18. The second-order valence-electron chi connectivity index (χ2n) is 7.07. The van der Waals surface area contributed by atoms with E-state index in [-0.39, 0.29) is 17.6 Å². The van der Waals surface area contributed by atoms with Crippen LogP contribution in [0.4, 0.5) is 0 Å². The summed E-state index contributed by atoms with van der Waals surface area (Å²) in [6.45, 7) is 2.05. The molecule has 4 rings (SSSR count). The number of likely N-dealkylation sites (tertiary alicyclic amines) is 1. The Labute approximate surface area is 142 Å². The number of allylic oxidation sites excluding steroid dienone is 1. The van der Waals surface area contributed by atoms with Gasteiger partial charge in [0.05, 0.1) is 19.7 Å². The highest BCUT2D eigenvalue weighted by atomic mass is 16.5. The Hall–Kier alpha value is -1.88. The molecule has 1 atom stereocenters. The van der Waals surface area contributed by atoms with Crippen LogP contribution in [0.5, 0.6) is 5.88 Å². The van der Waals surface area contributed by atoms with Gasteiger partial charge in [-0.25, -0.2) is 4.98 Å². The third-order valence-electron chi connectivity index (χ3n) is 5.18. The number of nitrogens with zero attached hydrogens (tertiary/aromatic N) is 2. The van der Waals surface area contributed by atoms with E-state index in [9.17, 15) is 4.79 Å². The lowest BCUT2D eigenvalue weighted by Crippen LogP contribution is -2.67. The molecule has 0 unspecified atom stereocenters. The number of aromatic nitrogens is 1. The molecule has 3 aliphatic rings. The van der Waals surface area contributed by atoms with Crippen molar-refractivity contribution in [2.45, 2.75) is 50.2 Å². The van der Waals surface area contributed by atoms with Crippen LogP contribution in [0.15, 0.2) is 36.0 Å². The molecule has 0 bridgehead atoms. The molecular weight excluding hydrogens is 304 g/mol. The highest BCUT2D eigenvalue weighted by Gasteiger charge is 2.50. The van der Waals surface area contributed by atoms with E-state index in [4.69, 9.17) is 9.47 Å². The van der Waals surface area contributed by atoms with E-state index in [2.05, 4.69) is 11.1 Å². The van der Waals surface area contributed by atoms with Gasteiger partial charge in [-0.3, -0.25) is 4.79 Å². The van der Waals surface area contributed by atoms with Crippen LogP contribution in [0, 0.1) is 0 Å². The van der Waals surface area contributed by atoms with Gasteiger partial charge < -0.3 is 14.4 Å². The Bertz CT molecular complexity index is 623. The topological polar surface area (TPSA) is 51.7 Å². The molecule has 24 heavy (non-hydrogen) atoms. The zero-order valence-electron chi connectivity index (χ0n) is 13.9. The summed E-state index contributed by atoms with van der Waals surface area (Å²) in [7, 11) is 0. The highest BCUT2D eigenvalue weighted by molar-refractivity contribution is 5.94. The monoisotopic (exact) mass is 328 g/mol. The van der Waals surface area contributed by atoms with Crippen LogP contribution >= 0.6 is 0 Å². The molecule has 1 aromatic heterocycles. The Balaban J connectivity index is 1.34. The first-order valence-corrected chi connectivity index (χ1v) is 8.94. The standard InChI is InChI=1S/C19H24N2O3/c22-18(15-6-2-1-3-7-15)21-13-19(14-21)12-16(9-11-23-19)24-17-8-4-5-10-20-17/h4-6,8,10,16H,1-3,7,9,11-14H2/t16-/m1/s1. The number of carbonyl (C=O) groups is 1. The van der Waals surface area contributed by atoms with Crippen molar-refractivity contribution in [2.24, 2.45) is 0 Å². The van der Waals surface area contributed by atoms with Gasteiger partial charge in [0, 0.05) is 30.7 Å². The Morgan fingerprint density at radius 1 is 1.33 bits per heavy atom. The zero-order valence-corrected chi connectivity index (χ0v) is 13.9. The van der Waals surface area contributed by atoms with Crippen molar-refractivity contribution >= 4 is 5.91 Å². The largest absolute Gasteiger partial charge is 0.474 e. The fourth-order valence-electron chi connectivity index (χ4n) is 3.92. The first-order valence-electron chi connectivity index (χ1n) is 8.94. The second kappa shape index (κ2) is 6.55. The predicted molar refractivity (Wildman–Crippen MR) is 89.7 cm³/mol. The van der Waals surface area contributed by atoms with Crippen LogP contribution in [0.2, 0.25) is 0 Å². The SMILES string of the molecule is O=C(C1=CCCCC1)N1CC2(C[C@H](Oc3ccccn3)CCO2)C1. The average molecular weight is 328 g/mol. The summed E-state index contributed by atoms with van der Waals surface area (Å²) >= 11 is 0. The fraction of sp³-hybridized carbons (Fsp3) is 0.579. The van der Waals surface area contributed by atoms with Gasteiger partial charge in [0.15, 0.2) is 0 Å². The van der Waals surface area contributed by atoms with Crippen LogP contribution < -0.4 is 4.74 Å². The van der Waals surface area contributed by atoms with E-state index in [1.807, 2.05) is 23.1 Å². The van der Waals surface area contributed by atoms with Gasteiger partial charge in [-0.2, -0.15) is 0 Å². The van der Waals surface area contributed by atoms with Crippen molar-refractivity contribution in [2.75, 3.05) is 19.7 Å². The molecule has 2 aliphatic heterocycles. The molecule has 0 aromatic carbocycles. The van der Waals surface area contributed by atoms with Crippen LogP contribution in [-0.4, -0.2) is 47.2 Å². The van der Waals surface area contributed by atoms with Gasteiger partial charge in [0.2, 0.25) is 11.8 Å². The van der Waals surface area contributed by atoms with Crippen LogP contribution in [-0.2, 0) is 9.53 Å². The Morgan fingerprint density at radius 3 is 3.00 bits per heavy atom. The number of ether oxygens (including phenoxy) is 2. The molecule has 0 saturated carbocycles. The van der Waals surface area contributed by atoms with E-state index in [1.54, 1.807) is 6.20 Å². The van der Waals surface area contributed by atoms with Crippen molar-refractivity contribution in [3.8, 4) is 5.88 Å². The van der Waals surface area contributed by atoms with E-state index in [0.29, 0.717) is 25.6 Å². The molecule has 5 heteroatoms. The maximum atomic E-state index is 12.5. The van der Waals surface area contributed by atoms with Gasteiger partial charge in [-0.1, -0.05) is 12.1 Å². The minimum absolute atomic E-state index is 0.111. The zero-order chi connectivity index (χ0) is 16.4. The molecule has 2 saturated heterocycles. The first-order chi connectivity index (χ1) is 11.7. The van der Waals surface area contributed by atoms with Gasteiger partial charge >= 0.3 is 0 Å². The smallest absolute Gasteiger partial charge is 0.249 e. The van der Waals surface area contributed by atoms with Crippen molar-refractivity contribution in [3.05, 3.63) is 36.0 Å².